The molecule has 2 aliphatic heterocycles. The Hall–Kier alpha value is -2.34. The van der Waals surface area contributed by atoms with Crippen molar-refractivity contribution in [2.45, 2.75) is 93.0 Å². The predicted molar refractivity (Wildman–Crippen MR) is 180 cm³/mol. The van der Waals surface area contributed by atoms with Gasteiger partial charge in [-0.3, -0.25) is 0 Å². The summed E-state index contributed by atoms with van der Waals surface area (Å²) >= 11 is 0. The van der Waals surface area contributed by atoms with Crippen molar-refractivity contribution in [3.8, 4) is 0 Å². The summed E-state index contributed by atoms with van der Waals surface area (Å²) in [6.07, 6.45) is 1.36. The number of hydrogen-bond donors (Lipinski definition) is 0. The first-order valence-electron chi connectivity index (χ1n) is 15.9. The van der Waals surface area contributed by atoms with Crippen molar-refractivity contribution in [3.63, 3.8) is 0 Å². The van der Waals surface area contributed by atoms with Gasteiger partial charge in [-0.15, -0.1) is 0 Å². The van der Waals surface area contributed by atoms with Crippen LogP contribution in [0.4, 0.5) is 0 Å². The van der Waals surface area contributed by atoms with E-state index >= 15 is 8.42 Å². The van der Waals surface area contributed by atoms with Crippen LogP contribution in [0.15, 0.2) is 88.7 Å². The van der Waals surface area contributed by atoms with Gasteiger partial charge in [0.05, 0.1) is 34.0 Å². The van der Waals surface area contributed by atoms with Crippen LogP contribution in [-0.4, -0.2) is 58.5 Å². The van der Waals surface area contributed by atoms with Gasteiger partial charge in [0.25, 0.3) is 0 Å². The van der Waals surface area contributed by atoms with Crippen LogP contribution in [0, 0.1) is 25.7 Å². The number of hydrogen-bond acceptors (Lipinski definition) is 5. The minimum atomic E-state index is -4.08. The van der Waals surface area contributed by atoms with E-state index in [1.54, 1.807) is 32.9 Å². The van der Waals surface area contributed by atoms with Crippen LogP contribution in [0.1, 0.15) is 56.3 Å². The summed E-state index contributed by atoms with van der Waals surface area (Å²) in [5.74, 6) is -0.199. The number of sulfonamides is 2. The molecule has 242 valence electrons. The van der Waals surface area contributed by atoms with Gasteiger partial charge in [0.15, 0.2) is 8.32 Å². The predicted octanol–water partition coefficient (Wildman–Crippen LogP) is 6.91. The summed E-state index contributed by atoms with van der Waals surface area (Å²) in [4.78, 5) is 0.458. The third-order valence-electron chi connectivity index (χ3n) is 11.0. The Bertz CT molecular complexity index is 1770. The van der Waals surface area contributed by atoms with Crippen LogP contribution in [0.2, 0.25) is 18.1 Å². The Balaban J connectivity index is 1.57. The molecule has 1 saturated carbocycles. The Morgan fingerprint density at radius 3 is 1.89 bits per heavy atom. The summed E-state index contributed by atoms with van der Waals surface area (Å²) in [6.45, 7) is 15.4. The van der Waals surface area contributed by atoms with Crippen molar-refractivity contribution in [3.05, 3.63) is 95.6 Å². The lowest BCUT2D eigenvalue weighted by molar-refractivity contribution is 0.0917. The maximum Gasteiger partial charge on any atom is 0.244 e. The first-order chi connectivity index (χ1) is 21.0. The third-order valence-corrected chi connectivity index (χ3v) is 19.4. The average Bonchev–Trinajstić information content (AvgIpc) is 3.63. The molecule has 1 aliphatic carbocycles. The molecule has 3 aromatic rings. The van der Waals surface area contributed by atoms with Gasteiger partial charge in [0.1, 0.15) is 0 Å². The molecular formula is C35H46N2O5S2Si. The smallest absolute Gasteiger partial charge is 0.244 e. The van der Waals surface area contributed by atoms with E-state index in [4.69, 9.17) is 4.43 Å². The molecule has 5 atom stereocenters. The highest BCUT2D eigenvalue weighted by atomic mass is 32.2. The largest absolute Gasteiger partial charge is 0.415 e. The van der Waals surface area contributed by atoms with Gasteiger partial charge in [-0.05, 0) is 80.6 Å². The van der Waals surface area contributed by atoms with Crippen LogP contribution < -0.4 is 0 Å². The zero-order valence-electron chi connectivity index (χ0n) is 27.4. The second kappa shape index (κ2) is 11.1. The lowest BCUT2D eigenvalue weighted by atomic mass is 9.83. The molecule has 3 aliphatic rings. The number of nitrogens with zero attached hydrogens (tertiary/aromatic N) is 2. The second-order valence-corrected chi connectivity index (χ2v) is 23.3. The topological polar surface area (TPSA) is 84.0 Å². The van der Waals surface area contributed by atoms with Gasteiger partial charge in [-0.2, -0.15) is 8.61 Å². The van der Waals surface area contributed by atoms with Gasteiger partial charge < -0.3 is 4.43 Å². The molecule has 3 aromatic carbocycles. The molecule has 10 heteroatoms. The zero-order valence-corrected chi connectivity index (χ0v) is 30.0. The van der Waals surface area contributed by atoms with Crippen molar-refractivity contribution in [2.75, 3.05) is 13.2 Å². The summed E-state index contributed by atoms with van der Waals surface area (Å²) in [5.41, 5.74) is 1.85. The monoisotopic (exact) mass is 666 g/mol. The average molecular weight is 667 g/mol. The van der Waals surface area contributed by atoms with E-state index in [2.05, 4.69) is 33.9 Å². The lowest BCUT2D eigenvalue weighted by Crippen LogP contribution is -2.55. The number of benzene rings is 3. The fraction of sp³-hybridized carbons (Fsp3) is 0.486. The molecule has 2 heterocycles. The molecule has 0 amide bonds. The minimum Gasteiger partial charge on any atom is -0.415 e. The normalized spacial score (nSPS) is 27.6. The fourth-order valence-electron chi connectivity index (χ4n) is 7.63. The van der Waals surface area contributed by atoms with Crippen molar-refractivity contribution in [2.24, 2.45) is 11.8 Å². The molecular weight excluding hydrogens is 621 g/mol. The summed E-state index contributed by atoms with van der Waals surface area (Å²) in [5, 5.41) is -0.0738. The standard InChI is InChI=1S/C35H46N2O5S2Si/c1-25-13-17-29(18-14-25)43(38,39)36-23-28-21-22-35(24-42-45(6,7)34(3,4)5)31(28)33(36)32(27-11-9-8-10-12-27)37(35)44(40,41)30-19-15-26(2)16-20-30/h8-20,28,31-33H,21-24H2,1-7H3/t28-,31-,32-,33+,35+/m0/s1. The van der Waals surface area contributed by atoms with E-state index in [0.29, 0.717) is 13.0 Å². The number of aryl methyl sites for hydroxylation is 2. The molecule has 6 rings (SSSR count). The Kier molecular flexibility index (Phi) is 8.06. The Morgan fingerprint density at radius 1 is 0.822 bits per heavy atom. The molecule has 0 aromatic heterocycles. The highest BCUT2D eigenvalue weighted by molar-refractivity contribution is 7.89. The van der Waals surface area contributed by atoms with Crippen LogP contribution in [0.5, 0.6) is 0 Å². The molecule has 2 saturated heterocycles. The fourth-order valence-corrected chi connectivity index (χ4v) is 12.4. The van der Waals surface area contributed by atoms with Gasteiger partial charge in [0.2, 0.25) is 20.0 Å². The minimum absolute atomic E-state index is 0.0164. The molecule has 3 fully saturated rings. The molecule has 0 spiro atoms. The first kappa shape index (κ1) is 32.6. The highest BCUT2D eigenvalue weighted by Crippen LogP contribution is 2.64. The molecule has 45 heavy (non-hydrogen) atoms. The SMILES string of the molecule is Cc1ccc(S(=O)(=O)N2C[C@@H]3CC[C@@]4(CO[Si](C)(C)C(C)(C)C)[C@@H]3[C@@H]2[C@H](c2ccccc2)N4S(=O)(=O)c2ccc(C)cc2)cc1. The van der Waals surface area contributed by atoms with Gasteiger partial charge in [-0.25, -0.2) is 16.8 Å². The highest BCUT2D eigenvalue weighted by Gasteiger charge is 2.73. The van der Waals surface area contributed by atoms with Gasteiger partial charge >= 0.3 is 0 Å². The van der Waals surface area contributed by atoms with E-state index < -0.39 is 46.0 Å². The maximum absolute atomic E-state index is 15.1. The van der Waals surface area contributed by atoms with Crippen molar-refractivity contribution < 1.29 is 21.3 Å². The van der Waals surface area contributed by atoms with E-state index in [1.807, 2.05) is 68.4 Å². The Morgan fingerprint density at radius 2 is 1.36 bits per heavy atom. The van der Waals surface area contributed by atoms with E-state index in [9.17, 15) is 8.42 Å². The Labute approximate surface area is 270 Å². The van der Waals surface area contributed by atoms with Crippen molar-refractivity contribution in [1.29, 1.82) is 0 Å². The quantitative estimate of drug-likeness (QED) is 0.244. The molecule has 0 bridgehead atoms. The van der Waals surface area contributed by atoms with Crippen LogP contribution in [-0.2, 0) is 24.5 Å². The van der Waals surface area contributed by atoms with E-state index in [0.717, 1.165) is 23.1 Å². The second-order valence-electron chi connectivity index (χ2n) is 14.8. The van der Waals surface area contributed by atoms with E-state index in [-0.39, 0.29) is 33.3 Å². The summed E-state index contributed by atoms with van der Waals surface area (Å²) in [7, 11) is -10.3. The van der Waals surface area contributed by atoms with Crippen LogP contribution in [0.25, 0.3) is 0 Å². The van der Waals surface area contributed by atoms with E-state index in [1.165, 1.54) is 0 Å². The van der Waals surface area contributed by atoms with Crippen LogP contribution in [0.3, 0.4) is 0 Å². The lowest BCUT2D eigenvalue weighted by Gasteiger charge is -2.44. The van der Waals surface area contributed by atoms with Crippen LogP contribution >= 0.6 is 0 Å². The molecule has 7 nitrogen and oxygen atoms in total. The van der Waals surface area contributed by atoms with Gasteiger partial charge in [-0.1, -0.05) is 86.5 Å². The summed E-state index contributed by atoms with van der Waals surface area (Å²) in [6, 6.07) is 22.3. The maximum atomic E-state index is 15.1. The zero-order chi connectivity index (χ0) is 32.6. The molecule has 0 unspecified atom stereocenters. The van der Waals surface area contributed by atoms with Crippen molar-refractivity contribution in [1.82, 2.24) is 8.61 Å². The van der Waals surface area contributed by atoms with Gasteiger partial charge in [0, 0.05) is 12.5 Å². The summed E-state index contributed by atoms with van der Waals surface area (Å²) < 4.78 is 69.4. The molecule has 0 N–H and O–H groups in total. The first-order valence-corrected chi connectivity index (χ1v) is 21.7. The molecule has 0 radical (unpaired) electrons. The van der Waals surface area contributed by atoms with Crippen molar-refractivity contribution >= 4 is 28.4 Å². The third kappa shape index (κ3) is 5.25. The number of rotatable bonds is 8.